The smallest absolute Gasteiger partial charge is 0.416 e. The summed E-state index contributed by atoms with van der Waals surface area (Å²) in [4.78, 5) is 19.9. The van der Waals surface area contributed by atoms with Crippen LogP contribution in [-0.4, -0.2) is 96.9 Å². The van der Waals surface area contributed by atoms with Crippen molar-refractivity contribution >= 4 is 42.3 Å². The third-order valence-electron chi connectivity index (χ3n) is 7.25. The van der Waals surface area contributed by atoms with Crippen LogP contribution < -0.4 is 4.74 Å². The lowest BCUT2D eigenvalue weighted by Crippen LogP contribution is -2.57. The van der Waals surface area contributed by atoms with Gasteiger partial charge < -0.3 is 19.5 Å². The van der Waals surface area contributed by atoms with E-state index in [4.69, 9.17) is 21.1 Å². The minimum Gasteiger partial charge on any atom is -0.506 e. The summed E-state index contributed by atoms with van der Waals surface area (Å²) in [7, 11) is 1.27. The van der Waals surface area contributed by atoms with Gasteiger partial charge in [-0.1, -0.05) is 17.7 Å². The normalized spacial score (nSPS) is 22.0. The number of phenolic OH excluding ortho intramolecular Hbond substituents is 1. The number of carbonyl (C=O) groups excluding carboxylic acids is 1. The highest BCUT2D eigenvalue weighted by atomic mass is 35.5. The van der Waals surface area contributed by atoms with Gasteiger partial charge in [-0.05, 0) is 56.2 Å². The quantitative estimate of drug-likeness (QED) is 0.437. The van der Waals surface area contributed by atoms with E-state index in [9.17, 15) is 23.1 Å². The van der Waals surface area contributed by atoms with Crippen molar-refractivity contribution in [2.75, 3.05) is 52.9 Å². The standard InChI is InChI=1S/C28H35ClF3N3O4.2ClH/c1-18-15-34(16-19(2)39-18)7-6-33-8-9-35(23(17-33)10-20-4-5-25(29)26(36)11-20)27(37)21-12-22(28(30,31)32)14-24(13-21)38-3;;/h4-5,11-14,18-19,23,36H,6-10,15-17H2,1-3H3;2*1H/t18-,19+,23-;;/m1../s1. The van der Waals surface area contributed by atoms with E-state index in [0.29, 0.717) is 26.1 Å². The van der Waals surface area contributed by atoms with E-state index < -0.39 is 17.6 Å². The number of phenols is 1. The number of piperazine rings is 1. The predicted molar refractivity (Wildman–Crippen MR) is 157 cm³/mol. The Hall–Kier alpha value is -1.95. The summed E-state index contributed by atoms with van der Waals surface area (Å²) in [5, 5.41) is 10.3. The molecule has 2 aliphatic rings. The van der Waals surface area contributed by atoms with E-state index in [1.807, 2.05) is 0 Å². The van der Waals surface area contributed by atoms with Gasteiger partial charge in [0.05, 0.1) is 29.9 Å². The van der Waals surface area contributed by atoms with Gasteiger partial charge in [-0.15, -0.1) is 24.8 Å². The number of nitrogens with zero attached hydrogens (tertiary/aromatic N) is 3. The predicted octanol–water partition coefficient (Wildman–Crippen LogP) is 5.39. The highest BCUT2D eigenvalue weighted by Crippen LogP contribution is 2.33. The minimum atomic E-state index is -4.61. The molecule has 0 aliphatic carbocycles. The van der Waals surface area contributed by atoms with Crippen LogP contribution in [0.15, 0.2) is 36.4 Å². The van der Waals surface area contributed by atoms with Gasteiger partial charge in [0, 0.05) is 57.4 Å². The summed E-state index contributed by atoms with van der Waals surface area (Å²) in [6.07, 6.45) is -3.87. The van der Waals surface area contributed by atoms with Gasteiger partial charge in [0.1, 0.15) is 11.5 Å². The molecule has 2 aromatic rings. The number of benzene rings is 2. The molecule has 7 nitrogen and oxygen atoms in total. The molecule has 0 spiro atoms. The van der Waals surface area contributed by atoms with Gasteiger partial charge in [0.2, 0.25) is 0 Å². The zero-order valence-corrected chi connectivity index (χ0v) is 25.6. The number of rotatable bonds is 7. The Morgan fingerprint density at radius 2 is 1.68 bits per heavy atom. The zero-order chi connectivity index (χ0) is 28.3. The van der Waals surface area contributed by atoms with Gasteiger partial charge in [0.15, 0.2) is 0 Å². The molecular formula is C28H37Cl3F3N3O4. The van der Waals surface area contributed by atoms with E-state index >= 15 is 0 Å². The lowest BCUT2D eigenvalue weighted by atomic mass is 9.99. The Morgan fingerprint density at radius 1 is 1.02 bits per heavy atom. The van der Waals surface area contributed by atoms with Crippen molar-refractivity contribution in [3.05, 3.63) is 58.1 Å². The van der Waals surface area contributed by atoms with E-state index in [-0.39, 0.29) is 65.1 Å². The molecule has 2 heterocycles. The van der Waals surface area contributed by atoms with Crippen LogP contribution in [0.2, 0.25) is 5.02 Å². The van der Waals surface area contributed by atoms with Crippen LogP contribution >= 0.6 is 36.4 Å². The molecule has 3 atom stereocenters. The number of morpholine rings is 1. The summed E-state index contributed by atoms with van der Waals surface area (Å²) in [5.41, 5.74) is -0.230. The average Bonchev–Trinajstić information content (AvgIpc) is 2.88. The minimum absolute atomic E-state index is 0. The van der Waals surface area contributed by atoms with Crippen LogP contribution in [0.5, 0.6) is 11.5 Å². The third-order valence-corrected chi connectivity index (χ3v) is 7.57. The van der Waals surface area contributed by atoms with Gasteiger partial charge in [-0.3, -0.25) is 14.6 Å². The second-order valence-electron chi connectivity index (χ2n) is 10.4. The maximum atomic E-state index is 13.6. The lowest BCUT2D eigenvalue weighted by Gasteiger charge is -2.43. The second kappa shape index (κ2) is 15.0. The van der Waals surface area contributed by atoms with Crippen molar-refractivity contribution in [1.29, 1.82) is 0 Å². The summed E-state index contributed by atoms with van der Waals surface area (Å²) in [6, 6.07) is 7.73. The molecule has 2 fully saturated rings. The summed E-state index contributed by atoms with van der Waals surface area (Å²) in [5.74, 6) is -0.573. The van der Waals surface area contributed by atoms with Crippen LogP contribution in [0.1, 0.15) is 35.3 Å². The fraction of sp³-hybridized carbons (Fsp3) is 0.536. The molecule has 0 radical (unpaired) electrons. The molecule has 2 saturated heterocycles. The number of alkyl halides is 3. The molecule has 0 saturated carbocycles. The number of ether oxygens (including phenoxy) is 2. The first-order valence-corrected chi connectivity index (χ1v) is 13.5. The Bertz CT molecular complexity index is 1160. The lowest BCUT2D eigenvalue weighted by molar-refractivity contribution is -0.137. The summed E-state index contributed by atoms with van der Waals surface area (Å²) in [6.45, 7) is 8.98. The molecule has 0 aromatic heterocycles. The first-order chi connectivity index (χ1) is 18.4. The van der Waals surface area contributed by atoms with Gasteiger partial charge in [-0.2, -0.15) is 13.2 Å². The molecule has 1 N–H and O–H groups in total. The van der Waals surface area contributed by atoms with Crippen LogP contribution in [-0.2, 0) is 17.3 Å². The third kappa shape index (κ3) is 9.27. The highest BCUT2D eigenvalue weighted by molar-refractivity contribution is 6.32. The molecule has 2 aliphatic heterocycles. The molecule has 1 amide bonds. The zero-order valence-electron chi connectivity index (χ0n) is 23.2. The first-order valence-electron chi connectivity index (χ1n) is 13.1. The van der Waals surface area contributed by atoms with E-state index in [0.717, 1.165) is 43.9 Å². The molecule has 0 unspecified atom stereocenters. The van der Waals surface area contributed by atoms with Crippen LogP contribution in [0.3, 0.4) is 0 Å². The number of methoxy groups -OCH3 is 1. The largest absolute Gasteiger partial charge is 0.506 e. The van der Waals surface area contributed by atoms with Crippen LogP contribution in [0.25, 0.3) is 0 Å². The first kappa shape index (κ1) is 35.2. The van der Waals surface area contributed by atoms with Crippen molar-refractivity contribution in [2.24, 2.45) is 0 Å². The number of hydrogen-bond donors (Lipinski definition) is 1. The molecule has 13 heteroatoms. The van der Waals surface area contributed by atoms with Gasteiger partial charge in [0.25, 0.3) is 5.91 Å². The Kier molecular flexibility index (Phi) is 12.9. The van der Waals surface area contributed by atoms with Gasteiger partial charge >= 0.3 is 6.18 Å². The molecular weight excluding hydrogens is 606 g/mol. The van der Waals surface area contributed by atoms with Gasteiger partial charge in [-0.25, -0.2) is 0 Å². The fourth-order valence-electron chi connectivity index (χ4n) is 5.44. The SMILES string of the molecule is COc1cc(C(=O)N2CCN(CCN3C[C@@H](C)O[C@@H](C)C3)C[C@H]2Cc2ccc(Cl)c(O)c2)cc(C(F)(F)F)c1.Cl.Cl. The van der Waals surface area contributed by atoms with Crippen LogP contribution in [0, 0.1) is 0 Å². The van der Waals surface area contributed by atoms with Crippen molar-refractivity contribution in [3.63, 3.8) is 0 Å². The molecule has 0 bridgehead atoms. The Labute approximate surface area is 256 Å². The van der Waals surface area contributed by atoms with Crippen molar-refractivity contribution < 1.29 is 32.5 Å². The summed E-state index contributed by atoms with van der Waals surface area (Å²) < 4.78 is 51.5. The number of halogens is 6. The Balaban J connectivity index is 0.00000294. The van der Waals surface area contributed by atoms with Crippen LogP contribution in [0.4, 0.5) is 13.2 Å². The summed E-state index contributed by atoms with van der Waals surface area (Å²) >= 11 is 5.98. The van der Waals surface area contributed by atoms with E-state index in [1.165, 1.54) is 13.2 Å². The molecule has 2 aromatic carbocycles. The monoisotopic (exact) mass is 641 g/mol. The van der Waals surface area contributed by atoms with Crippen molar-refractivity contribution in [3.8, 4) is 11.5 Å². The molecule has 230 valence electrons. The number of amides is 1. The van der Waals surface area contributed by atoms with Crippen molar-refractivity contribution in [1.82, 2.24) is 14.7 Å². The maximum Gasteiger partial charge on any atom is 0.416 e. The second-order valence-corrected chi connectivity index (χ2v) is 10.8. The molecule has 4 rings (SSSR count). The topological polar surface area (TPSA) is 65.5 Å². The molecule has 41 heavy (non-hydrogen) atoms. The van der Waals surface area contributed by atoms with Crippen molar-refractivity contribution in [2.45, 2.75) is 44.7 Å². The number of carbonyl (C=O) groups is 1. The Morgan fingerprint density at radius 3 is 2.29 bits per heavy atom. The van der Waals surface area contributed by atoms with E-state index in [1.54, 1.807) is 23.1 Å². The fourth-order valence-corrected chi connectivity index (χ4v) is 5.56. The van der Waals surface area contributed by atoms with E-state index in [2.05, 4.69) is 23.6 Å². The number of aromatic hydroxyl groups is 1. The average molecular weight is 643 g/mol. The highest BCUT2D eigenvalue weighted by Gasteiger charge is 2.35. The number of hydrogen-bond acceptors (Lipinski definition) is 6. The maximum absolute atomic E-state index is 13.6.